The van der Waals surface area contributed by atoms with Gasteiger partial charge in [-0.05, 0) is 44.5 Å². The van der Waals surface area contributed by atoms with Crippen molar-refractivity contribution in [3.8, 4) is 0 Å². The molecule has 8 heteroatoms. The molecule has 1 heterocycles. The maximum absolute atomic E-state index is 12.3. The highest BCUT2D eigenvalue weighted by molar-refractivity contribution is 7.88. The van der Waals surface area contributed by atoms with E-state index >= 15 is 0 Å². The van der Waals surface area contributed by atoms with Gasteiger partial charge in [-0.3, -0.25) is 9.69 Å². The monoisotopic (exact) mass is 410 g/mol. The van der Waals surface area contributed by atoms with Crippen molar-refractivity contribution in [2.24, 2.45) is 0 Å². The molecule has 2 rings (SSSR count). The third-order valence-corrected chi connectivity index (χ3v) is 6.61. The van der Waals surface area contributed by atoms with E-state index in [0.29, 0.717) is 37.7 Å². The number of benzene rings is 1. The predicted molar refractivity (Wildman–Crippen MR) is 114 cm³/mol. The summed E-state index contributed by atoms with van der Waals surface area (Å²) in [6.45, 7) is 11.7. The first kappa shape index (κ1) is 22.6. The molecule has 0 unspecified atom stereocenters. The predicted octanol–water partition coefficient (Wildman–Crippen LogP) is 1.62. The van der Waals surface area contributed by atoms with Crippen molar-refractivity contribution in [1.82, 2.24) is 14.5 Å². The molecule has 1 N–H and O–H groups in total. The molecule has 0 bridgehead atoms. The first-order valence-corrected chi connectivity index (χ1v) is 11.9. The third kappa shape index (κ3) is 6.46. The number of anilines is 1. The molecule has 28 heavy (non-hydrogen) atoms. The van der Waals surface area contributed by atoms with Gasteiger partial charge in [0, 0.05) is 63.1 Å². The molecule has 1 aliphatic rings. The molecule has 1 aromatic carbocycles. The van der Waals surface area contributed by atoms with Crippen LogP contribution in [0.3, 0.4) is 0 Å². The Bertz CT molecular complexity index is 726. The summed E-state index contributed by atoms with van der Waals surface area (Å²) in [6, 6.07) is 8.29. The average molecular weight is 411 g/mol. The largest absolute Gasteiger partial charge is 0.369 e. The van der Waals surface area contributed by atoms with Gasteiger partial charge in [0.2, 0.25) is 10.0 Å². The number of carbonyl (C=O) groups is 1. The lowest BCUT2D eigenvalue weighted by molar-refractivity contribution is 0.0953. The first-order chi connectivity index (χ1) is 13.2. The van der Waals surface area contributed by atoms with E-state index in [1.54, 1.807) is 0 Å². The Hall–Kier alpha value is -1.64. The summed E-state index contributed by atoms with van der Waals surface area (Å²) in [5.41, 5.74) is 1.77. The van der Waals surface area contributed by atoms with Gasteiger partial charge in [0.05, 0.1) is 6.26 Å². The molecule has 1 amide bonds. The first-order valence-electron chi connectivity index (χ1n) is 10.0. The van der Waals surface area contributed by atoms with Crippen LogP contribution >= 0.6 is 0 Å². The average Bonchev–Trinajstić information content (AvgIpc) is 2.67. The maximum Gasteiger partial charge on any atom is 0.251 e. The number of amides is 1. The van der Waals surface area contributed by atoms with E-state index in [9.17, 15) is 13.2 Å². The van der Waals surface area contributed by atoms with Gasteiger partial charge >= 0.3 is 0 Å². The Morgan fingerprint density at radius 3 is 2.25 bits per heavy atom. The van der Waals surface area contributed by atoms with Crippen molar-refractivity contribution in [2.75, 3.05) is 57.0 Å². The zero-order valence-electron chi connectivity index (χ0n) is 17.5. The van der Waals surface area contributed by atoms with E-state index in [2.05, 4.69) is 29.0 Å². The topological polar surface area (TPSA) is 73.0 Å². The second-order valence-corrected chi connectivity index (χ2v) is 9.51. The quantitative estimate of drug-likeness (QED) is 0.627. The van der Waals surface area contributed by atoms with Crippen LogP contribution in [0.15, 0.2) is 24.3 Å². The van der Waals surface area contributed by atoms with Crippen LogP contribution in [0.5, 0.6) is 0 Å². The second-order valence-electron chi connectivity index (χ2n) is 7.53. The minimum absolute atomic E-state index is 0.126. The molecular formula is C20H34N4O3S. The van der Waals surface area contributed by atoms with Crippen molar-refractivity contribution in [3.63, 3.8) is 0 Å². The van der Waals surface area contributed by atoms with Gasteiger partial charge in [0.25, 0.3) is 5.91 Å². The lowest BCUT2D eigenvalue weighted by Crippen LogP contribution is -2.48. The van der Waals surface area contributed by atoms with Gasteiger partial charge in [0.1, 0.15) is 0 Å². The lowest BCUT2D eigenvalue weighted by Gasteiger charge is -2.38. The van der Waals surface area contributed by atoms with Crippen LogP contribution < -0.4 is 10.2 Å². The van der Waals surface area contributed by atoms with Gasteiger partial charge in [-0.2, -0.15) is 0 Å². The number of hydrogen-bond acceptors (Lipinski definition) is 5. The van der Waals surface area contributed by atoms with Crippen molar-refractivity contribution in [2.45, 2.75) is 33.2 Å². The molecule has 0 aromatic heterocycles. The number of nitrogens with zero attached hydrogens (tertiary/aromatic N) is 3. The van der Waals surface area contributed by atoms with E-state index in [1.165, 1.54) is 10.6 Å². The molecule has 0 atom stereocenters. The molecule has 0 aliphatic carbocycles. The number of hydrogen-bond donors (Lipinski definition) is 1. The van der Waals surface area contributed by atoms with E-state index in [-0.39, 0.29) is 5.91 Å². The van der Waals surface area contributed by atoms with Crippen molar-refractivity contribution in [1.29, 1.82) is 0 Å². The summed E-state index contributed by atoms with van der Waals surface area (Å²) in [5.74, 6) is -0.126. The summed E-state index contributed by atoms with van der Waals surface area (Å²) in [6.07, 6.45) is 1.80. The molecule has 0 spiro atoms. The highest BCUT2D eigenvalue weighted by Crippen LogP contribution is 2.18. The zero-order chi connectivity index (χ0) is 20.7. The van der Waals surface area contributed by atoms with Crippen molar-refractivity contribution >= 4 is 21.6 Å². The Balaban J connectivity index is 1.79. The van der Waals surface area contributed by atoms with E-state index in [4.69, 9.17) is 0 Å². The van der Waals surface area contributed by atoms with Gasteiger partial charge in [-0.15, -0.1) is 0 Å². The summed E-state index contributed by atoms with van der Waals surface area (Å²) in [4.78, 5) is 17.1. The number of rotatable bonds is 9. The zero-order valence-corrected chi connectivity index (χ0v) is 18.3. The van der Waals surface area contributed by atoms with E-state index in [0.717, 1.165) is 31.9 Å². The SMILES string of the molecule is CCN(CCCNC(=O)c1ccc(N2CCN(C(C)C)CC2)cc1)S(C)(=O)=O. The molecule has 158 valence electrons. The molecular weight excluding hydrogens is 376 g/mol. The van der Waals surface area contributed by atoms with Crippen LogP contribution in [0.4, 0.5) is 5.69 Å². The van der Waals surface area contributed by atoms with Crippen molar-refractivity contribution < 1.29 is 13.2 Å². The fourth-order valence-corrected chi connectivity index (χ4v) is 4.37. The van der Waals surface area contributed by atoms with Crippen LogP contribution in [0, 0.1) is 0 Å². The maximum atomic E-state index is 12.3. The normalized spacial score (nSPS) is 16.0. The third-order valence-electron chi connectivity index (χ3n) is 5.23. The number of piperazine rings is 1. The molecule has 1 fully saturated rings. The van der Waals surface area contributed by atoms with Gasteiger partial charge in [-0.1, -0.05) is 6.92 Å². The van der Waals surface area contributed by atoms with E-state index in [1.807, 2.05) is 31.2 Å². The number of carbonyl (C=O) groups excluding carboxylic acids is 1. The second kappa shape index (κ2) is 10.2. The van der Waals surface area contributed by atoms with Gasteiger partial charge in [0.15, 0.2) is 0 Å². The smallest absolute Gasteiger partial charge is 0.251 e. The van der Waals surface area contributed by atoms with Crippen molar-refractivity contribution in [3.05, 3.63) is 29.8 Å². The minimum atomic E-state index is -3.18. The van der Waals surface area contributed by atoms with Gasteiger partial charge in [-0.25, -0.2) is 12.7 Å². The standard InChI is InChI=1S/C20H34N4O3S/c1-5-24(28(4,26)27)12-6-11-21-20(25)18-7-9-19(10-8-18)23-15-13-22(14-16-23)17(2)3/h7-10,17H,5-6,11-16H2,1-4H3,(H,21,25). The highest BCUT2D eigenvalue weighted by Gasteiger charge is 2.19. The number of nitrogens with one attached hydrogen (secondary N) is 1. The van der Waals surface area contributed by atoms with Crippen LogP contribution in [-0.2, 0) is 10.0 Å². The summed E-state index contributed by atoms with van der Waals surface area (Å²) >= 11 is 0. The van der Waals surface area contributed by atoms with E-state index < -0.39 is 10.0 Å². The highest BCUT2D eigenvalue weighted by atomic mass is 32.2. The molecule has 0 radical (unpaired) electrons. The molecule has 1 saturated heterocycles. The molecule has 1 aliphatic heterocycles. The number of sulfonamides is 1. The molecule has 0 saturated carbocycles. The lowest BCUT2D eigenvalue weighted by atomic mass is 10.1. The Labute approximate surface area is 169 Å². The minimum Gasteiger partial charge on any atom is -0.369 e. The van der Waals surface area contributed by atoms with Crippen LogP contribution in [0.2, 0.25) is 0 Å². The Morgan fingerprint density at radius 2 is 1.75 bits per heavy atom. The van der Waals surface area contributed by atoms with Crippen LogP contribution in [-0.4, -0.2) is 81.6 Å². The molecule has 7 nitrogen and oxygen atoms in total. The fourth-order valence-electron chi connectivity index (χ4n) is 3.44. The van der Waals surface area contributed by atoms with Crippen LogP contribution in [0.25, 0.3) is 0 Å². The fraction of sp³-hybridized carbons (Fsp3) is 0.650. The van der Waals surface area contributed by atoms with Gasteiger partial charge < -0.3 is 10.2 Å². The Kier molecular flexibility index (Phi) is 8.27. The summed E-state index contributed by atoms with van der Waals surface area (Å²) in [5, 5.41) is 2.87. The summed E-state index contributed by atoms with van der Waals surface area (Å²) < 4.78 is 24.5. The summed E-state index contributed by atoms with van der Waals surface area (Å²) in [7, 11) is -3.18. The Morgan fingerprint density at radius 1 is 1.14 bits per heavy atom. The molecule has 1 aromatic rings. The van der Waals surface area contributed by atoms with Crippen LogP contribution in [0.1, 0.15) is 37.6 Å².